The maximum Gasteiger partial charge on any atom is 0.175 e. The van der Waals surface area contributed by atoms with E-state index in [-0.39, 0.29) is 11.2 Å². The zero-order chi connectivity index (χ0) is 20.8. The number of rotatable bonds is 4. The Morgan fingerprint density at radius 1 is 0.903 bits per heavy atom. The molecule has 6 rings (SSSR count). The van der Waals surface area contributed by atoms with Gasteiger partial charge in [0.25, 0.3) is 0 Å². The van der Waals surface area contributed by atoms with Gasteiger partial charge in [-0.15, -0.1) is 0 Å². The molecule has 1 aromatic carbocycles. The molecule has 5 heteroatoms. The average molecular weight is 424 g/mol. The number of para-hydroxylation sites is 1. The Labute approximate surface area is 185 Å². The number of hydrogen-bond acceptors (Lipinski definition) is 5. The lowest BCUT2D eigenvalue weighted by Crippen LogP contribution is -2.32. The topological polar surface area (TPSA) is 46.1 Å². The third-order valence-corrected chi connectivity index (χ3v) is 7.66. The maximum absolute atomic E-state index is 12.9. The number of carbonyl (C=O) groups excluding carboxylic acids is 1. The Bertz CT molecular complexity index is 1190. The van der Waals surface area contributed by atoms with Gasteiger partial charge in [0.15, 0.2) is 5.78 Å². The quantitative estimate of drug-likeness (QED) is 0.592. The van der Waals surface area contributed by atoms with Gasteiger partial charge >= 0.3 is 0 Å². The van der Waals surface area contributed by atoms with Crippen molar-refractivity contribution < 1.29 is 4.79 Å². The summed E-state index contributed by atoms with van der Waals surface area (Å²) in [7, 11) is 0. The van der Waals surface area contributed by atoms with Gasteiger partial charge in [-0.2, -0.15) is 0 Å². The van der Waals surface area contributed by atoms with Crippen LogP contribution in [-0.4, -0.2) is 22.3 Å². The van der Waals surface area contributed by atoms with Gasteiger partial charge in [-0.3, -0.25) is 14.8 Å². The second-order valence-electron chi connectivity index (χ2n) is 8.42. The number of aromatic nitrogens is 2. The first-order valence-electron chi connectivity index (χ1n) is 10.5. The maximum atomic E-state index is 12.9. The van der Waals surface area contributed by atoms with Crippen LogP contribution in [0.2, 0.25) is 0 Å². The van der Waals surface area contributed by atoms with E-state index >= 15 is 0 Å². The predicted octanol–water partition coefficient (Wildman–Crippen LogP) is 4.98. The second-order valence-corrected chi connectivity index (χ2v) is 9.48. The van der Waals surface area contributed by atoms with E-state index in [2.05, 4.69) is 69.5 Å². The molecular weight excluding hydrogens is 402 g/mol. The van der Waals surface area contributed by atoms with Crippen molar-refractivity contribution in [2.24, 2.45) is 5.41 Å². The molecule has 152 valence electrons. The number of Topliss-reactive ketones (excluding diaryl/α,β-unsaturated/α-hetero) is 1. The lowest BCUT2D eigenvalue weighted by molar-refractivity contribution is -0.114. The van der Waals surface area contributed by atoms with Gasteiger partial charge in [-0.25, -0.2) is 0 Å². The highest BCUT2D eigenvalue weighted by atomic mass is 32.2. The van der Waals surface area contributed by atoms with Crippen LogP contribution in [0.3, 0.4) is 0 Å². The molecule has 0 radical (unpaired) electrons. The molecule has 31 heavy (non-hydrogen) atoms. The number of benzene rings is 1. The minimum atomic E-state index is -0.123. The number of ketones is 1. The van der Waals surface area contributed by atoms with Gasteiger partial charge < -0.3 is 4.90 Å². The highest BCUT2D eigenvalue weighted by Crippen LogP contribution is 2.57. The molecule has 0 N–H and O–H groups in total. The van der Waals surface area contributed by atoms with Crippen molar-refractivity contribution in [2.75, 3.05) is 11.4 Å². The monoisotopic (exact) mass is 423 g/mol. The van der Waals surface area contributed by atoms with E-state index in [0.717, 1.165) is 30.0 Å². The summed E-state index contributed by atoms with van der Waals surface area (Å²) in [5.74, 6) is 0.229. The highest BCUT2D eigenvalue weighted by Gasteiger charge is 2.50. The molecule has 4 heterocycles. The van der Waals surface area contributed by atoms with Gasteiger partial charge in [0, 0.05) is 48.1 Å². The predicted molar refractivity (Wildman–Crippen MR) is 123 cm³/mol. The van der Waals surface area contributed by atoms with Crippen LogP contribution in [0.1, 0.15) is 17.5 Å². The van der Waals surface area contributed by atoms with Crippen LogP contribution < -0.4 is 4.90 Å². The normalized spacial score (nSPS) is 18.5. The van der Waals surface area contributed by atoms with Crippen LogP contribution in [0, 0.1) is 5.41 Å². The number of pyridine rings is 2. The van der Waals surface area contributed by atoms with Crippen molar-refractivity contribution >= 4 is 23.2 Å². The molecule has 0 atom stereocenters. The molecule has 1 saturated heterocycles. The van der Waals surface area contributed by atoms with Crippen LogP contribution in [0.5, 0.6) is 0 Å². The van der Waals surface area contributed by atoms with Crippen LogP contribution in [0.15, 0.2) is 100 Å². The van der Waals surface area contributed by atoms with Gasteiger partial charge in [0.1, 0.15) is 0 Å². The summed E-state index contributed by atoms with van der Waals surface area (Å²) >= 11 is 1.64. The van der Waals surface area contributed by atoms with Gasteiger partial charge in [0.2, 0.25) is 0 Å². The molecule has 0 unspecified atom stereocenters. The Balaban J connectivity index is 1.53. The summed E-state index contributed by atoms with van der Waals surface area (Å²) in [6, 6.07) is 16.9. The highest BCUT2D eigenvalue weighted by molar-refractivity contribution is 8.04. The standard InChI is InChI=1S/C26H21N3OS/c30-22-6-5-20-24-25(22)31-23-4-2-1-3-21(23)29(24)17-26(20,15-18-7-11-27-12-8-18)16-19-9-13-28-14-10-19/h1-5,7-14H,6,15-17H2. The van der Waals surface area contributed by atoms with Crippen molar-refractivity contribution in [1.82, 2.24) is 9.97 Å². The number of allylic oxidation sites excluding steroid dienone is 3. The molecule has 3 aliphatic rings. The number of anilines is 1. The van der Waals surface area contributed by atoms with Crippen molar-refractivity contribution in [2.45, 2.75) is 24.2 Å². The Morgan fingerprint density at radius 2 is 1.55 bits per heavy atom. The molecule has 0 saturated carbocycles. The smallest absolute Gasteiger partial charge is 0.175 e. The number of hydrogen-bond donors (Lipinski definition) is 0. The zero-order valence-electron chi connectivity index (χ0n) is 17.0. The second kappa shape index (κ2) is 7.20. The Kier molecular flexibility index (Phi) is 4.32. The van der Waals surface area contributed by atoms with Gasteiger partial charge in [-0.05, 0) is 65.9 Å². The first-order chi connectivity index (χ1) is 15.2. The average Bonchev–Trinajstić information content (AvgIpc) is 3.12. The van der Waals surface area contributed by atoms with E-state index in [4.69, 9.17) is 0 Å². The Hall–Kier alpha value is -3.18. The van der Waals surface area contributed by atoms with E-state index < -0.39 is 0 Å². The fraction of sp³-hybridized carbons (Fsp3) is 0.192. The minimum Gasteiger partial charge on any atom is -0.338 e. The lowest BCUT2D eigenvalue weighted by atomic mass is 9.71. The molecule has 4 nitrogen and oxygen atoms in total. The van der Waals surface area contributed by atoms with Crippen LogP contribution in [0.25, 0.3) is 0 Å². The summed E-state index contributed by atoms with van der Waals surface area (Å²) in [6.07, 6.45) is 11.9. The first-order valence-corrected chi connectivity index (χ1v) is 11.4. The van der Waals surface area contributed by atoms with Crippen LogP contribution in [0.4, 0.5) is 5.69 Å². The Morgan fingerprint density at radius 3 is 2.23 bits per heavy atom. The van der Waals surface area contributed by atoms with E-state index in [9.17, 15) is 4.79 Å². The number of nitrogens with zero attached hydrogens (tertiary/aromatic N) is 3. The number of carbonyl (C=O) groups is 1. The molecule has 1 aliphatic carbocycles. The zero-order valence-corrected chi connectivity index (χ0v) is 17.8. The fourth-order valence-corrected chi connectivity index (χ4v) is 6.34. The molecule has 0 spiro atoms. The molecule has 3 aromatic rings. The third kappa shape index (κ3) is 3.03. The third-order valence-electron chi connectivity index (χ3n) is 6.47. The summed E-state index contributed by atoms with van der Waals surface area (Å²) in [4.78, 5) is 25.8. The fourth-order valence-electron chi connectivity index (χ4n) is 5.18. The molecule has 1 fully saturated rings. The van der Waals surface area contributed by atoms with Gasteiger partial charge in [0.05, 0.1) is 16.3 Å². The van der Waals surface area contributed by atoms with Gasteiger partial charge in [-0.1, -0.05) is 30.0 Å². The molecule has 2 aliphatic heterocycles. The minimum absolute atomic E-state index is 0.123. The number of thioether (sulfide) groups is 1. The number of fused-ring (bicyclic) bond motifs is 2. The van der Waals surface area contributed by atoms with E-state index in [0.29, 0.717) is 6.42 Å². The van der Waals surface area contributed by atoms with Crippen molar-refractivity contribution in [3.63, 3.8) is 0 Å². The molecule has 2 aromatic heterocycles. The molecule has 0 bridgehead atoms. The van der Waals surface area contributed by atoms with E-state index in [1.807, 2.05) is 24.8 Å². The van der Waals surface area contributed by atoms with Crippen molar-refractivity contribution in [3.05, 3.63) is 107 Å². The molecule has 0 amide bonds. The SMILES string of the molecule is O=C1CC=C2C3=C1Sc1ccccc1N3CC2(Cc1ccncc1)Cc1ccncc1. The summed E-state index contributed by atoms with van der Waals surface area (Å²) in [5, 5.41) is 0. The van der Waals surface area contributed by atoms with Crippen molar-refractivity contribution in [1.29, 1.82) is 0 Å². The summed E-state index contributed by atoms with van der Waals surface area (Å²) in [6.45, 7) is 0.854. The molecular formula is C26H21N3OS. The summed E-state index contributed by atoms with van der Waals surface area (Å²) in [5.41, 5.74) is 6.07. The largest absolute Gasteiger partial charge is 0.338 e. The van der Waals surface area contributed by atoms with E-state index in [1.54, 1.807) is 11.8 Å². The summed E-state index contributed by atoms with van der Waals surface area (Å²) < 4.78 is 0. The van der Waals surface area contributed by atoms with Crippen molar-refractivity contribution in [3.8, 4) is 0 Å². The lowest BCUT2D eigenvalue weighted by Gasteiger charge is -2.31. The van der Waals surface area contributed by atoms with E-state index in [1.165, 1.54) is 27.3 Å². The van der Waals surface area contributed by atoms with Crippen LogP contribution in [-0.2, 0) is 17.6 Å². The van der Waals surface area contributed by atoms with Crippen LogP contribution >= 0.6 is 11.8 Å². The first kappa shape index (κ1) is 18.6.